The summed E-state index contributed by atoms with van der Waals surface area (Å²) in [5.74, 6) is 0.535. The van der Waals surface area contributed by atoms with Crippen LogP contribution in [-0.2, 0) is 0 Å². The van der Waals surface area contributed by atoms with Crippen molar-refractivity contribution in [1.29, 1.82) is 0 Å². The highest BCUT2D eigenvalue weighted by Crippen LogP contribution is 2.51. The van der Waals surface area contributed by atoms with Crippen molar-refractivity contribution in [3.05, 3.63) is 222 Å². The van der Waals surface area contributed by atoms with Crippen LogP contribution in [0.2, 0.25) is 0 Å². The SMILES string of the molecule is C1=CC2=C(c3ccc(-c4ccc5ccccc5c4)cc3)C=C3c4ccccc4C(c4ccc(-c5ccc6ccccc6c5)cc4)=CC3C2C=C1. The van der Waals surface area contributed by atoms with Crippen LogP contribution < -0.4 is 0 Å². The lowest BCUT2D eigenvalue weighted by molar-refractivity contribution is 0.657. The van der Waals surface area contributed by atoms with Gasteiger partial charge in [-0.15, -0.1) is 0 Å². The maximum atomic E-state index is 2.53. The molecule has 0 heteroatoms. The molecule has 0 aliphatic heterocycles. The van der Waals surface area contributed by atoms with Crippen molar-refractivity contribution in [2.24, 2.45) is 11.8 Å². The number of benzene rings is 7. The van der Waals surface area contributed by atoms with Gasteiger partial charge in [0, 0.05) is 11.8 Å². The number of rotatable bonds is 4. The van der Waals surface area contributed by atoms with Gasteiger partial charge < -0.3 is 0 Å². The van der Waals surface area contributed by atoms with E-state index in [1.807, 2.05) is 0 Å². The van der Waals surface area contributed by atoms with Gasteiger partial charge in [0.25, 0.3) is 0 Å². The summed E-state index contributed by atoms with van der Waals surface area (Å²) in [5, 5.41) is 5.09. The van der Waals surface area contributed by atoms with Crippen LogP contribution in [-0.4, -0.2) is 0 Å². The summed E-state index contributed by atoms with van der Waals surface area (Å²) in [6.45, 7) is 0. The third kappa shape index (κ3) is 4.84. The average Bonchev–Trinajstić information content (AvgIpc) is 3.20. The van der Waals surface area contributed by atoms with Crippen LogP contribution in [0.4, 0.5) is 0 Å². The fraction of sp³-hybridized carbons (Fsp3) is 0.0400. The largest absolute Gasteiger partial charge is 0.0761 e. The van der Waals surface area contributed by atoms with Gasteiger partial charge in [0.1, 0.15) is 0 Å². The highest BCUT2D eigenvalue weighted by Gasteiger charge is 2.35. The van der Waals surface area contributed by atoms with Gasteiger partial charge >= 0.3 is 0 Å². The topological polar surface area (TPSA) is 0 Å². The first-order valence-corrected chi connectivity index (χ1v) is 17.6. The Morgan fingerprint density at radius 1 is 0.380 bits per heavy atom. The maximum absolute atomic E-state index is 2.53. The minimum Gasteiger partial charge on any atom is -0.0761 e. The minimum absolute atomic E-state index is 0.261. The van der Waals surface area contributed by atoms with Crippen LogP contribution in [0.25, 0.3) is 60.5 Å². The molecule has 2 unspecified atom stereocenters. The van der Waals surface area contributed by atoms with E-state index in [0.717, 1.165) is 0 Å². The number of allylic oxidation sites excluding steroid dienone is 9. The number of hydrogen-bond donors (Lipinski definition) is 0. The molecule has 0 amide bonds. The van der Waals surface area contributed by atoms with E-state index in [1.165, 1.54) is 88.3 Å². The molecule has 0 nitrogen and oxygen atoms in total. The monoisotopic (exact) mass is 634 g/mol. The lowest BCUT2D eigenvalue weighted by Crippen LogP contribution is -2.23. The maximum Gasteiger partial charge on any atom is 0.0138 e. The van der Waals surface area contributed by atoms with Crippen molar-refractivity contribution in [2.75, 3.05) is 0 Å². The van der Waals surface area contributed by atoms with E-state index >= 15 is 0 Å². The molecule has 0 saturated heterocycles. The lowest BCUT2D eigenvalue weighted by atomic mass is 9.66. The van der Waals surface area contributed by atoms with E-state index in [0.29, 0.717) is 0 Å². The van der Waals surface area contributed by atoms with Gasteiger partial charge in [0.05, 0.1) is 0 Å². The highest BCUT2D eigenvalue weighted by molar-refractivity contribution is 5.99. The summed E-state index contributed by atoms with van der Waals surface area (Å²) in [6, 6.07) is 58.0. The Morgan fingerprint density at radius 3 is 1.54 bits per heavy atom. The Balaban J connectivity index is 1.02. The predicted molar refractivity (Wildman–Crippen MR) is 212 cm³/mol. The van der Waals surface area contributed by atoms with Crippen molar-refractivity contribution in [3.63, 3.8) is 0 Å². The van der Waals surface area contributed by atoms with Gasteiger partial charge in [-0.1, -0.05) is 176 Å². The van der Waals surface area contributed by atoms with E-state index in [2.05, 4.69) is 194 Å². The Morgan fingerprint density at radius 2 is 0.900 bits per heavy atom. The summed E-state index contributed by atoms with van der Waals surface area (Å²) in [7, 11) is 0. The molecule has 0 radical (unpaired) electrons. The second kappa shape index (κ2) is 11.7. The van der Waals surface area contributed by atoms with Crippen LogP contribution in [0, 0.1) is 11.8 Å². The van der Waals surface area contributed by atoms with E-state index < -0.39 is 0 Å². The molecule has 0 bridgehead atoms. The van der Waals surface area contributed by atoms with Crippen molar-refractivity contribution in [1.82, 2.24) is 0 Å². The average molecular weight is 635 g/mol. The van der Waals surface area contributed by atoms with E-state index in [1.54, 1.807) is 0 Å². The van der Waals surface area contributed by atoms with Gasteiger partial charge in [-0.25, -0.2) is 0 Å². The van der Waals surface area contributed by atoms with Crippen molar-refractivity contribution in [3.8, 4) is 22.3 Å². The molecule has 7 aromatic carbocycles. The molecule has 0 aromatic heterocycles. The molecule has 0 N–H and O–H groups in total. The zero-order valence-electron chi connectivity index (χ0n) is 27.6. The Hall–Kier alpha value is -6.24. The number of hydrogen-bond acceptors (Lipinski definition) is 0. The summed E-state index contributed by atoms with van der Waals surface area (Å²) in [6.07, 6.45) is 14.2. The molecule has 3 aliphatic carbocycles. The molecule has 50 heavy (non-hydrogen) atoms. The Bertz CT molecular complexity index is 2620. The van der Waals surface area contributed by atoms with Crippen LogP contribution in [0.1, 0.15) is 22.3 Å². The quantitative estimate of drug-likeness (QED) is 0.181. The van der Waals surface area contributed by atoms with Crippen LogP contribution >= 0.6 is 0 Å². The first-order chi connectivity index (χ1) is 24.8. The molecule has 7 aromatic rings. The molecule has 0 saturated carbocycles. The molecule has 10 rings (SSSR count). The van der Waals surface area contributed by atoms with E-state index in [9.17, 15) is 0 Å². The summed E-state index contributed by atoms with van der Waals surface area (Å²) in [5.41, 5.74) is 15.6. The third-order valence-corrected chi connectivity index (χ3v) is 10.9. The second-order valence-corrected chi connectivity index (χ2v) is 13.7. The van der Waals surface area contributed by atoms with E-state index in [-0.39, 0.29) is 11.8 Å². The van der Waals surface area contributed by atoms with Gasteiger partial charge in [0.2, 0.25) is 0 Å². The van der Waals surface area contributed by atoms with Crippen molar-refractivity contribution < 1.29 is 0 Å². The molecule has 3 aliphatic rings. The van der Waals surface area contributed by atoms with Gasteiger partial charge in [-0.3, -0.25) is 0 Å². The normalized spacial score (nSPS) is 17.6. The lowest BCUT2D eigenvalue weighted by Gasteiger charge is -2.37. The standard InChI is InChI=1S/C50H34/c1-3-11-39-29-41(27-21-33(39)9-1)35-17-23-37(24-18-35)47-31-49-46-16-8-6-14-44(46)48(32-50(49)45-15-7-5-13-43(45)47)38-25-19-36(20-26-38)42-28-22-34-10-2-4-12-40(34)30-42/h1-32,45,50H. The first-order valence-electron chi connectivity index (χ1n) is 17.6. The molecular formula is C50H34. The van der Waals surface area contributed by atoms with Crippen LogP contribution in [0.5, 0.6) is 0 Å². The Kier molecular flexibility index (Phi) is 6.74. The fourth-order valence-electron chi connectivity index (χ4n) is 8.28. The van der Waals surface area contributed by atoms with Crippen LogP contribution in [0.15, 0.2) is 200 Å². The van der Waals surface area contributed by atoms with Crippen molar-refractivity contribution in [2.45, 2.75) is 0 Å². The van der Waals surface area contributed by atoms with E-state index in [4.69, 9.17) is 0 Å². The highest BCUT2D eigenvalue weighted by atomic mass is 14.4. The zero-order chi connectivity index (χ0) is 33.0. The first kappa shape index (κ1) is 28.7. The van der Waals surface area contributed by atoms with Crippen molar-refractivity contribution >= 4 is 38.3 Å². The van der Waals surface area contributed by atoms with Gasteiger partial charge in [0.15, 0.2) is 0 Å². The van der Waals surface area contributed by atoms with Crippen LogP contribution in [0.3, 0.4) is 0 Å². The summed E-state index contributed by atoms with van der Waals surface area (Å²) >= 11 is 0. The molecule has 0 spiro atoms. The fourth-order valence-corrected chi connectivity index (χ4v) is 8.28. The molecular weight excluding hydrogens is 601 g/mol. The summed E-state index contributed by atoms with van der Waals surface area (Å²) in [4.78, 5) is 0. The zero-order valence-corrected chi connectivity index (χ0v) is 27.6. The molecule has 234 valence electrons. The second-order valence-electron chi connectivity index (χ2n) is 13.7. The predicted octanol–water partition coefficient (Wildman–Crippen LogP) is 13.0. The number of fused-ring (bicyclic) bond motifs is 7. The molecule has 0 fully saturated rings. The minimum atomic E-state index is 0.261. The van der Waals surface area contributed by atoms with Gasteiger partial charge in [-0.2, -0.15) is 0 Å². The molecule has 2 atom stereocenters. The molecule has 0 heterocycles. The third-order valence-electron chi connectivity index (χ3n) is 10.9. The smallest absolute Gasteiger partial charge is 0.0138 e. The van der Waals surface area contributed by atoms with Gasteiger partial charge in [-0.05, 0) is 107 Å². The summed E-state index contributed by atoms with van der Waals surface area (Å²) < 4.78 is 0. The Labute approximate surface area is 293 Å².